The van der Waals surface area contributed by atoms with E-state index < -0.39 is 23.8 Å². The Morgan fingerprint density at radius 3 is 2.25 bits per heavy atom. The molecule has 24 heavy (non-hydrogen) atoms. The predicted molar refractivity (Wildman–Crippen MR) is 84.3 cm³/mol. The molecule has 2 aromatic carbocycles. The van der Waals surface area contributed by atoms with Crippen molar-refractivity contribution in [2.24, 2.45) is 0 Å². The van der Waals surface area contributed by atoms with Crippen LogP contribution in [0.2, 0.25) is 0 Å². The molecule has 2 aromatic rings. The molecule has 0 aliphatic carbocycles. The van der Waals surface area contributed by atoms with E-state index in [9.17, 15) is 18.4 Å². The zero-order chi connectivity index (χ0) is 17.5. The normalized spacial score (nSPS) is 11.6. The molecule has 0 spiro atoms. The number of hydrogen-bond donors (Lipinski definition) is 1. The summed E-state index contributed by atoms with van der Waals surface area (Å²) >= 11 is 0. The van der Waals surface area contributed by atoms with E-state index >= 15 is 0 Å². The minimum absolute atomic E-state index is 0.0234. The minimum atomic E-state index is -0.922. The van der Waals surface area contributed by atoms with Gasteiger partial charge >= 0.3 is 6.09 Å². The maximum absolute atomic E-state index is 13.2. The van der Waals surface area contributed by atoms with Gasteiger partial charge in [0.15, 0.2) is 5.78 Å². The van der Waals surface area contributed by atoms with E-state index in [-0.39, 0.29) is 24.4 Å². The van der Waals surface area contributed by atoms with Crippen LogP contribution in [-0.4, -0.2) is 17.9 Å². The van der Waals surface area contributed by atoms with Crippen molar-refractivity contribution in [2.45, 2.75) is 26.0 Å². The fourth-order valence-corrected chi connectivity index (χ4v) is 2.17. The maximum atomic E-state index is 13.2. The van der Waals surface area contributed by atoms with Crippen molar-refractivity contribution in [2.75, 3.05) is 0 Å². The molecule has 0 fully saturated rings. The van der Waals surface area contributed by atoms with Crippen molar-refractivity contribution in [1.82, 2.24) is 5.32 Å². The molecule has 0 aliphatic heterocycles. The van der Waals surface area contributed by atoms with Gasteiger partial charge in [0.2, 0.25) is 0 Å². The van der Waals surface area contributed by atoms with Gasteiger partial charge in [0.1, 0.15) is 18.2 Å². The van der Waals surface area contributed by atoms with Crippen LogP contribution in [0.4, 0.5) is 13.6 Å². The third kappa shape index (κ3) is 5.46. The lowest BCUT2D eigenvalue weighted by Crippen LogP contribution is -2.41. The Morgan fingerprint density at radius 1 is 1.04 bits per heavy atom. The van der Waals surface area contributed by atoms with E-state index in [1.807, 2.05) is 18.2 Å². The Bertz CT molecular complexity index is 699. The zero-order valence-electron chi connectivity index (χ0n) is 13.1. The van der Waals surface area contributed by atoms with Gasteiger partial charge in [0.25, 0.3) is 0 Å². The van der Waals surface area contributed by atoms with Gasteiger partial charge in [-0.2, -0.15) is 0 Å². The molecule has 0 aliphatic rings. The number of ether oxygens (including phenoxy) is 1. The fourth-order valence-electron chi connectivity index (χ4n) is 2.17. The van der Waals surface area contributed by atoms with E-state index in [4.69, 9.17) is 4.74 Å². The highest BCUT2D eigenvalue weighted by Gasteiger charge is 2.19. The lowest BCUT2D eigenvalue weighted by Gasteiger charge is -2.16. The third-order valence-electron chi connectivity index (χ3n) is 3.36. The Morgan fingerprint density at radius 2 is 1.67 bits per heavy atom. The summed E-state index contributed by atoms with van der Waals surface area (Å²) in [5, 5.41) is 2.42. The second kappa shape index (κ2) is 8.19. The molecule has 126 valence electrons. The summed E-state index contributed by atoms with van der Waals surface area (Å²) in [6.45, 7) is 1.35. The molecule has 0 aromatic heterocycles. The number of alkyl carbamates (subject to hydrolysis) is 1. The van der Waals surface area contributed by atoms with Crippen LogP contribution in [-0.2, 0) is 22.6 Å². The topological polar surface area (TPSA) is 55.4 Å². The van der Waals surface area contributed by atoms with Gasteiger partial charge in [0.05, 0.1) is 6.04 Å². The summed E-state index contributed by atoms with van der Waals surface area (Å²) < 4.78 is 31.5. The van der Waals surface area contributed by atoms with Crippen LogP contribution >= 0.6 is 0 Å². The van der Waals surface area contributed by atoms with Crippen LogP contribution < -0.4 is 5.32 Å². The van der Waals surface area contributed by atoms with Gasteiger partial charge in [-0.25, -0.2) is 13.6 Å². The van der Waals surface area contributed by atoms with E-state index in [2.05, 4.69) is 5.32 Å². The fraction of sp³-hybridized carbons (Fsp3) is 0.222. The molecule has 4 nitrogen and oxygen atoms in total. The number of nitrogens with one attached hydrogen (secondary N) is 1. The van der Waals surface area contributed by atoms with Crippen molar-refractivity contribution in [1.29, 1.82) is 0 Å². The molecular weight excluding hydrogens is 316 g/mol. The molecule has 0 saturated carbocycles. The number of carbonyl (C=O) groups excluding carboxylic acids is 2. The summed E-state index contributed by atoms with van der Waals surface area (Å²) in [6.07, 6.45) is -0.791. The highest BCUT2D eigenvalue weighted by molar-refractivity contribution is 5.85. The number of carbonyl (C=O) groups is 2. The Kier molecular flexibility index (Phi) is 6.01. The lowest BCUT2D eigenvalue weighted by atomic mass is 10.0. The van der Waals surface area contributed by atoms with E-state index in [0.29, 0.717) is 0 Å². The molecule has 0 heterocycles. The molecule has 6 heteroatoms. The molecule has 0 saturated heterocycles. The number of amides is 1. The number of benzene rings is 2. The SMILES string of the molecule is CC(=O)[C@H](Cc1cc(F)cc(F)c1)NC(=O)OCc1ccccc1. The van der Waals surface area contributed by atoms with E-state index in [1.165, 1.54) is 6.92 Å². The molecule has 1 atom stereocenters. The smallest absolute Gasteiger partial charge is 0.408 e. The quantitative estimate of drug-likeness (QED) is 0.881. The van der Waals surface area contributed by atoms with Crippen LogP contribution in [0.1, 0.15) is 18.1 Å². The number of Topliss-reactive ketones (excluding diaryl/α,β-unsaturated/α-hetero) is 1. The van der Waals surface area contributed by atoms with E-state index in [0.717, 1.165) is 23.8 Å². The summed E-state index contributed by atoms with van der Waals surface area (Å²) in [5.41, 5.74) is 1.08. The van der Waals surface area contributed by atoms with Gasteiger partial charge in [-0.05, 0) is 30.2 Å². The lowest BCUT2D eigenvalue weighted by molar-refractivity contribution is -0.118. The number of hydrogen-bond acceptors (Lipinski definition) is 3. The summed E-state index contributed by atoms with van der Waals surface area (Å²) in [5.74, 6) is -1.81. The first kappa shape index (κ1) is 17.6. The van der Waals surface area contributed by atoms with Crippen molar-refractivity contribution in [3.63, 3.8) is 0 Å². The monoisotopic (exact) mass is 333 g/mol. The first-order valence-electron chi connectivity index (χ1n) is 7.36. The van der Waals surface area contributed by atoms with Crippen molar-refractivity contribution >= 4 is 11.9 Å². The van der Waals surface area contributed by atoms with Gasteiger partial charge in [0, 0.05) is 12.5 Å². The molecule has 1 amide bonds. The van der Waals surface area contributed by atoms with Gasteiger partial charge in [-0.15, -0.1) is 0 Å². The average molecular weight is 333 g/mol. The Balaban J connectivity index is 1.95. The molecule has 0 radical (unpaired) electrons. The van der Waals surface area contributed by atoms with Crippen LogP contribution in [0.25, 0.3) is 0 Å². The van der Waals surface area contributed by atoms with Crippen molar-refractivity contribution in [3.05, 3.63) is 71.3 Å². The molecule has 0 unspecified atom stereocenters. The molecule has 0 bridgehead atoms. The summed E-state index contributed by atoms with van der Waals surface area (Å²) in [6, 6.07) is 11.1. The number of halogens is 2. The Labute approximate surface area is 138 Å². The Hall–Kier alpha value is -2.76. The first-order chi connectivity index (χ1) is 11.4. The van der Waals surface area contributed by atoms with Crippen LogP contribution in [0.5, 0.6) is 0 Å². The highest BCUT2D eigenvalue weighted by atomic mass is 19.1. The largest absolute Gasteiger partial charge is 0.445 e. The number of ketones is 1. The number of rotatable bonds is 6. The molecule has 1 N–H and O–H groups in total. The van der Waals surface area contributed by atoms with Gasteiger partial charge in [-0.1, -0.05) is 30.3 Å². The van der Waals surface area contributed by atoms with Gasteiger partial charge < -0.3 is 10.1 Å². The predicted octanol–water partition coefficient (Wildman–Crippen LogP) is 3.39. The second-order valence-corrected chi connectivity index (χ2v) is 5.35. The highest BCUT2D eigenvalue weighted by Crippen LogP contribution is 2.11. The van der Waals surface area contributed by atoms with Gasteiger partial charge in [-0.3, -0.25) is 4.79 Å². The molecular formula is C18H17F2NO3. The third-order valence-corrected chi connectivity index (χ3v) is 3.36. The maximum Gasteiger partial charge on any atom is 0.408 e. The minimum Gasteiger partial charge on any atom is -0.445 e. The van der Waals surface area contributed by atoms with Crippen LogP contribution in [0.15, 0.2) is 48.5 Å². The average Bonchev–Trinajstić information content (AvgIpc) is 2.52. The summed E-state index contributed by atoms with van der Waals surface area (Å²) in [7, 11) is 0. The van der Waals surface area contributed by atoms with Crippen molar-refractivity contribution in [3.8, 4) is 0 Å². The summed E-state index contributed by atoms with van der Waals surface area (Å²) in [4.78, 5) is 23.5. The first-order valence-corrected chi connectivity index (χ1v) is 7.36. The second-order valence-electron chi connectivity index (χ2n) is 5.35. The zero-order valence-corrected chi connectivity index (χ0v) is 13.1. The standard InChI is InChI=1S/C18H17F2NO3/c1-12(22)17(9-14-7-15(19)10-16(20)8-14)21-18(23)24-11-13-5-3-2-4-6-13/h2-8,10,17H,9,11H2,1H3,(H,21,23)/t17-/m0/s1. The van der Waals surface area contributed by atoms with Crippen LogP contribution in [0.3, 0.4) is 0 Å². The van der Waals surface area contributed by atoms with E-state index in [1.54, 1.807) is 12.1 Å². The van der Waals surface area contributed by atoms with Crippen molar-refractivity contribution < 1.29 is 23.1 Å². The molecule has 2 rings (SSSR count). The van der Waals surface area contributed by atoms with Crippen LogP contribution in [0, 0.1) is 11.6 Å².